The maximum atomic E-state index is 10.7. The highest BCUT2D eigenvalue weighted by Gasteiger charge is 2.12. The monoisotopic (exact) mass is 184 g/mol. The topological polar surface area (TPSA) is 104 Å². The molecule has 0 fully saturated rings. The van der Waals surface area contributed by atoms with Crippen molar-refractivity contribution in [3.05, 3.63) is 23.8 Å². The molecule has 0 spiro atoms. The van der Waals surface area contributed by atoms with E-state index >= 15 is 0 Å². The van der Waals surface area contributed by atoms with E-state index in [1.54, 1.807) is 0 Å². The van der Waals surface area contributed by atoms with Crippen molar-refractivity contribution < 1.29 is 25.4 Å². The highest BCUT2D eigenvalue weighted by molar-refractivity contribution is 5.94. The zero-order valence-corrected chi connectivity index (χ0v) is 6.34. The Morgan fingerprint density at radius 3 is 2.46 bits per heavy atom. The molecule has 0 aliphatic heterocycles. The highest BCUT2D eigenvalue weighted by atomic mass is 16.8. The van der Waals surface area contributed by atoms with Crippen LogP contribution in [0.5, 0.6) is 5.75 Å². The maximum Gasteiger partial charge on any atom is 0.337 e. The summed E-state index contributed by atoms with van der Waals surface area (Å²) in [7, 11) is 0. The van der Waals surface area contributed by atoms with Crippen LogP contribution < -0.4 is 10.3 Å². The van der Waals surface area contributed by atoms with Crippen molar-refractivity contribution in [1.82, 2.24) is 0 Å². The molecule has 0 atom stereocenters. The first-order valence-electron chi connectivity index (χ1n) is 3.24. The largest absolute Gasteiger partial charge is 0.872 e. The van der Waals surface area contributed by atoms with Gasteiger partial charge >= 0.3 is 5.97 Å². The van der Waals surface area contributed by atoms with Gasteiger partial charge in [-0.2, -0.15) is 0 Å². The second kappa shape index (κ2) is 3.30. The normalized spacial score (nSPS) is 9.69. The van der Waals surface area contributed by atoms with E-state index in [4.69, 9.17) is 15.5 Å². The van der Waals surface area contributed by atoms with Crippen molar-refractivity contribution in [3.63, 3.8) is 0 Å². The number of hydrogen-bond acceptors (Lipinski definition) is 5. The lowest BCUT2D eigenvalue weighted by Crippen LogP contribution is -2.15. The van der Waals surface area contributed by atoms with Crippen LogP contribution in [-0.4, -0.2) is 21.5 Å². The van der Waals surface area contributed by atoms with E-state index in [9.17, 15) is 9.90 Å². The van der Waals surface area contributed by atoms with Gasteiger partial charge in [-0.1, -0.05) is 12.1 Å². The van der Waals surface area contributed by atoms with Gasteiger partial charge in [0, 0.05) is 0 Å². The second-order valence-electron chi connectivity index (χ2n) is 2.27. The van der Waals surface area contributed by atoms with Gasteiger partial charge in [0.05, 0.1) is 5.56 Å². The molecular weight excluding hydrogens is 178 g/mol. The Morgan fingerprint density at radius 1 is 1.38 bits per heavy atom. The first-order chi connectivity index (χ1) is 6.02. The number of aromatic carboxylic acids is 1. The van der Waals surface area contributed by atoms with Crippen LogP contribution in [0.4, 0.5) is 5.69 Å². The molecule has 3 N–H and O–H groups in total. The Balaban J connectivity index is 3.27. The summed E-state index contributed by atoms with van der Waals surface area (Å²) in [6, 6.07) is 2.84. The number of nitrogens with zero attached hydrogens (tertiary/aromatic N) is 1. The van der Waals surface area contributed by atoms with Crippen molar-refractivity contribution in [2.24, 2.45) is 0 Å². The molecule has 0 saturated heterocycles. The van der Waals surface area contributed by atoms with E-state index in [1.807, 2.05) is 0 Å². The van der Waals surface area contributed by atoms with Crippen LogP contribution in [0.15, 0.2) is 18.2 Å². The average Bonchev–Trinajstić information content (AvgIpc) is 2.03. The lowest BCUT2D eigenvalue weighted by atomic mass is 10.2. The van der Waals surface area contributed by atoms with Crippen LogP contribution in [0.1, 0.15) is 10.4 Å². The summed E-state index contributed by atoms with van der Waals surface area (Å²) in [5.41, 5.74) is -0.815. The fourth-order valence-corrected chi connectivity index (χ4v) is 0.861. The van der Waals surface area contributed by atoms with Gasteiger partial charge in [-0.15, -0.1) is 11.0 Å². The van der Waals surface area contributed by atoms with Gasteiger partial charge in [0.2, 0.25) is 0 Å². The fraction of sp³-hybridized carbons (Fsp3) is 0. The van der Waals surface area contributed by atoms with Crippen LogP contribution in [-0.2, 0) is 0 Å². The van der Waals surface area contributed by atoms with Crippen LogP contribution in [0.2, 0.25) is 0 Å². The molecule has 0 aliphatic carbocycles. The van der Waals surface area contributed by atoms with Gasteiger partial charge in [0.15, 0.2) is 0 Å². The number of hydrogen-bond donors (Lipinski definition) is 3. The summed E-state index contributed by atoms with van der Waals surface area (Å²) >= 11 is 0. The van der Waals surface area contributed by atoms with Gasteiger partial charge in [0.1, 0.15) is 5.69 Å². The minimum atomic E-state index is -1.40. The van der Waals surface area contributed by atoms with Crippen LogP contribution in [0.3, 0.4) is 0 Å². The zero-order chi connectivity index (χ0) is 10.0. The summed E-state index contributed by atoms with van der Waals surface area (Å²) in [5.74, 6) is -1.91. The highest BCUT2D eigenvalue weighted by Crippen LogP contribution is 2.21. The fourth-order valence-electron chi connectivity index (χ4n) is 0.861. The Bertz CT molecular complexity index is 336. The molecule has 0 heterocycles. The molecule has 0 aliphatic rings. The predicted molar refractivity (Wildman–Crippen MR) is 38.9 cm³/mol. The Hall–Kier alpha value is -1.79. The lowest BCUT2D eigenvalue weighted by molar-refractivity contribution is -0.268. The summed E-state index contributed by atoms with van der Waals surface area (Å²) in [4.78, 5) is 10.5. The molecule has 1 aromatic carbocycles. The van der Waals surface area contributed by atoms with E-state index in [-0.39, 0.29) is 10.9 Å². The average molecular weight is 184 g/mol. The third-order valence-corrected chi connectivity index (χ3v) is 1.41. The zero-order valence-electron chi connectivity index (χ0n) is 6.34. The molecule has 0 radical (unpaired) electrons. The van der Waals surface area contributed by atoms with Gasteiger partial charge in [0.25, 0.3) is 0 Å². The number of carbonyl (C=O) groups is 1. The lowest BCUT2D eigenvalue weighted by Gasteiger charge is -2.13. The molecule has 0 amide bonds. The van der Waals surface area contributed by atoms with Crippen molar-refractivity contribution in [2.45, 2.75) is 0 Å². The van der Waals surface area contributed by atoms with Crippen molar-refractivity contribution in [1.29, 1.82) is 0 Å². The Kier molecular flexibility index (Phi) is 2.36. The molecule has 70 valence electrons. The summed E-state index contributed by atoms with van der Waals surface area (Å²) < 4.78 is 0. The van der Waals surface area contributed by atoms with Crippen LogP contribution in [0, 0.1) is 0 Å². The van der Waals surface area contributed by atoms with E-state index < -0.39 is 17.3 Å². The molecule has 6 nitrogen and oxygen atoms in total. The van der Waals surface area contributed by atoms with Gasteiger partial charge < -0.3 is 10.2 Å². The van der Waals surface area contributed by atoms with E-state index in [0.717, 1.165) is 18.2 Å². The molecule has 0 bridgehead atoms. The number of benzene rings is 1. The number of carboxylic acids is 1. The molecule has 6 heteroatoms. The molecule has 1 rings (SSSR count). The third-order valence-electron chi connectivity index (χ3n) is 1.41. The van der Waals surface area contributed by atoms with Crippen molar-refractivity contribution in [2.75, 3.05) is 5.23 Å². The van der Waals surface area contributed by atoms with Gasteiger partial charge in [-0.25, -0.2) is 4.79 Å². The first-order valence-corrected chi connectivity index (χ1v) is 3.24. The van der Waals surface area contributed by atoms with E-state index in [1.165, 1.54) is 0 Å². The van der Waals surface area contributed by atoms with Crippen molar-refractivity contribution in [3.8, 4) is 5.75 Å². The van der Waals surface area contributed by atoms with E-state index in [0.29, 0.717) is 0 Å². The Morgan fingerprint density at radius 2 is 2.00 bits per heavy atom. The number of rotatable bonds is 2. The van der Waals surface area contributed by atoms with E-state index in [2.05, 4.69) is 0 Å². The smallest absolute Gasteiger partial charge is 0.337 e. The molecule has 0 saturated carbocycles. The number of carboxylic acid groups (broad SMARTS) is 1. The summed E-state index contributed by atoms with van der Waals surface area (Å²) in [6.07, 6.45) is 0. The summed E-state index contributed by atoms with van der Waals surface area (Å²) in [5, 5.41) is 36.1. The quantitative estimate of drug-likeness (QED) is 0.560. The van der Waals surface area contributed by atoms with Crippen molar-refractivity contribution >= 4 is 11.7 Å². The molecule has 1 aromatic rings. The van der Waals surface area contributed by atoms with Gasteiger partial charge in [-0.3, -0.25) is 10.4 Å². The number of anilines is 1. The standard InChI is InChI=1S/C7H7NO5/c9-4-1-2-6(8(12)13)5(3-4)7(10)11/h1-3,9,12-13H,(H,10,11)/p-1. The molecular formula is C7H6NO5-. The first kappa shape index (κ1) is 9.30. The molecule has 13 heavy (non-hydrogen) atoms. The maximum absolute atomic E-state index is 10.7. The molecule has 0 aromatic heterocycles. The summed E-state index contributed by atoms with van der Waals surface area (Å²) in [6.45, 7) is 0. The van der Waals surface area contributed by atoms with Crippen LogP contribution in [0.25, 0.3) is 0 Å². The van der Waals surface area contributed by atoms with Crippen LogP contribution >= 0.6 is 0 Å². The Labute approximate surface area is 72.8 Å². The van der Waals surface area contributed by atoms with Gasteiger partial charge in [-0.05, 0) is 6.07 Å². The minimum absolute atomic E-state index is 0.344. The predicted octanol–water partition coefficient (Wildman–Crippen LogP) is 0.0432. The third kappa shape index (κ3) is 1.86. The SMILES string of the molecule is O=C(O)c1cc([O-])ccc1N(O)O. The molecule has 0 unspecified atom stereocenters. The minimum Gasteiger partial charge on any atom is -0.872 e. The second-order valence-corrected chi connectivity index (χ2v) is 2.27.